The summed E-state index contributed by atoms with van der Waals surface area (Å²) in [6.45, 7) is 5.32. The fraction of sp³-hybridized carbons (Fsp3) is 0.250. The number of benzene rings is 2. The first kappa shape index (κ1) is 16.4. The molecule has 0 bridgehead atoms. The summed E-state index contributed by atoms with van der Waals surface area (Å²) in [5, 5.41) is 2.30. The highest BCUT2D eigenvalue weighted by Gasteiger charge is 2.23. The molecule has 0 spiro atoms. The van der Waals surface area contributed by atoms with Gasteiger partial charge in [-0.25, -0.2) is 0 Å². The molecule has 0 amide bonds. The third kappa shape index (κ3) is 4.04. The molecule has 0 atom stereocenters. The first-order valence-corrected chi connectivity index (χ1v) is 14.4. The van der Waals surface area contributed by atoms with Crippen molar-refractivity contribution in [3.05, 3.63) is 58.7 Å². The van der Waals surface area contributed by atoms with Crippen molar-refractivity contribution < 1.29 is 9.46 Å². The van der Waals surface area contributed by atoms with Crippen LogP contribution in [0.25, 0.3) is 0 Å². The van der Waals surface area contributed by atoms with Gasteiger partial charge in [0.05, 0.1) is 0 Å². The molecule has 0 aliphatic rings. The third-order valence-corrected chi connectivity index (χ3v) is 16.5. The van der Waals surface area contributed by atoms with Gasteiger partial charge in [0.25, 0.3) is 0 Å². The molecule has 2 rings (SSSR count). The van der Waals surface area contributed by atoms with E-state index in [4.69, 9.17) is 0 Å². The maximum atomic E-state index is 12.8. The lowest BCUT2D eigenvalue weighted by molar-refractivity contribution is 0.510. The van der Waals surface area contributed by atoms with Gasteiger partial charge in [0, 0.05) is 0 Å². The zero-order valence-corrected chi connectivity index (χ0v) is 16.9. The van der Waals surface area contributed by atoms with Gasteiger partial charge in [0.15, 0.2) is 18.4 Å². The van der Waals surface area contributed by atoms with E-state index in [9.17, 15) is 9.46 Å². The average molecular weight is 335 g/mol. The van der Waals surface area contributed by atoms with Crippen LogP contribution in [0.15, 0.2) is 36.4 Å². The van der Waals surface area contributed by atoms with Crippen LogP contribution in [0.5, 0.6) is 0 Å². The third-order valence-electron chi connectivity index (χ3n) is 4.27. The molecule has 0 fully saturated rings. The lowest BCUT2D eigenvalue weighted by Gasteiger charge is -2.16. The minimum absolute atomic E-state index is 1.13. The van der Waals surface area contributed by atoms with Gasteiger partial charge >= 0.3 is 0 Å². The Kier molecular flexibility index (Phi) is 5.04. The summed E-state index contributed by atoms with van der Waals surface area (Å²) in [6, 6.07) is 12.2. The zero-order chi connectivity index (χ0) is 15.6. The molecule has 0 saturated carbocycles. The predicted octanol–water partition coefficient (Wildman–Crippen LogP) is 1.31. The minimum Gasteiger partial charge on any atom is -0.352 e. The van der Waals surface area contributed by atoms with E-state index in [0.717, 1.165) is 10.4 Å². The topological polar surface area (TPSA) is 37.3 Å². The summed E-state index contributed by atoms with van der Waals surface area (Å²) < 4.78 is 12.8. The Morgan fingerprint density at radius 2 is 1.19 bits per heavy atom. The van der Waals surface area contributed by atoms with Crippen molar-refractivity contribution in [1.82, 2.24) is 0 Å². The Balaban J connectivity index is 2.25. The summed E-state index contributed by atoms with van der Waals surface area (Å²) in [4.78, 5) is 10.5. The Labute approximate surface area is 131 Å². The molecular weight excluding hydrogens is 311 g/mol. The van der Waals surface area contributed by atoms with Crippen molar-refractivity contribution in [2.24, 2.45) is 0 Å². The van der Waals surface area contributed by atoms with E-state index in [1.165, 1.54) is 22.3 Å². The van der Waals surface area contributed by atoms with Crippen LogP contribution in [0.1, 0.15) is 22.3 Å². The largest absolute Gasteiger partial charge is 0.352 e. The summed E-state index contributed by atoms with van der Waals surface area (Å²) >= 11 is 0. The molecule has 2 aromatic carbocycles. The first-order chi connectivity index (χ1) is 9.80. The smallest absolute Gasteiger partial charge is 0.153 e. The van der Waals surface area contributed by atoms with Crippen LogP contribution in [0.2, 0.25) is 0 Å². The van der Waals surface area contributed by atoms with Crippen molar-refractivity contribution in [2.75, 3.05) is 0 Å². The van der Waals surface area contributed by atoms with E-state index in [2.05, 4.69) is 39.8 Å². The number of hydrogen-bond acceptors (Lipinski definition) is 1. The highest BCUT2D eigenvalue weighted by molar-refractivity contribution is 8.09. The van der Waals surface area contributed by atoms with Crippen molar-refractivity contribution in [3.8, 4) is 0 Å². The van der Waals surface area contributed by atoms with Gasteiger partial charge in [0.1, 0.15) is 6.46 Å². The summed E-state index contributed by atoms with van der Waals surface area (Å²) in [5.41, 5.74) is 4.84. The second kappa shape index (κ2) is 6.45. The van der Waals surface area contributed by atoms with Gasteiger partial charge in [-0.05, 0) is 49.9 Å². The lowest BCUT2D eigenvalue weighted by atomic mass is 10.1. The molecule has 21 heavy (non-hydrogen) atoms. The van der Waals surface area contributed by atoms with Crippen molar-refractivity contribution in [3.63, 3.8) is 0 Å². The molecule has 0 unspecified atom stereocenters. The molecule has 0 heterocycles. The minimum atomic E-state index is -2.95. The van der Waals surface area contributed by atoms with E-state index >= 15 is 0 Å². The quantitative estimate of drug-likeness (QED) is 0.676. The summed E-state index contributed by atoms with van der Waals surface area (Å²) in [5.74, 6) is 0. The Bertz CT molecular complexity index is 656. The number of aryl methyl sites for hydroxylation is 2. The van der Waals surface area contributed by atoms with E-state index < -0.39 is 24.8 Å². The first-order valence-electron chi connectivity index (χ1n) is 7.21. The Hall–Kier alpha value is -0.936. The predicted molar refractivity (Wildman–Crippen MR) is 98.0 cm³/mol. The molecule has 5 heteroatoms. The van der Waals surface area contributed by atoms with Crippen LogP contribution in [-0.2, 0) is 4.57 Å². The van der Waals surface area contributed by atoms with Crippen molar-refractivity contribution >= 4 is 35.2 Å². The van der Waals surface area contributed by atoms with Crippen LogP contribution in [-0.4, -0.2) is 23.3 Å². The van der Waals surface area contributed by atoms with E-state index in [0.29, 0.717) is 0 Å². The number of hydrogen-bond donors (Lipinski definition) is 1. The summed E-state index contributed by atoms with van der Waals surface area (Å²) in [6.07, 6.45) is 0. The van der Waals surface area contributed by atoms with E-state index in [1.807, 2.05) is 24.3 Å². The monoisotopic (exact) mass is 334 g/mol. The fourth-order valence-electron chi connectivity index (χ4n) is 2.55. The van der Waals surface area contributed by atoms with Crippen molar-refractivity contribution in [1.29, 1.82) is 0 Å². The normalized spacial score (nSPS) is 15.1. The standard InChI is InChI=1S/C16H23O2PSi2/c1-11-7-5-9-15(13(11)3)20-19(17,18)21-16-10-6-8-12(2)14(16)4/h5-10H,20-21H2,1-4H3,(H,17,18). The van der Waals surface area contributed by atoms with Crippen molar-refractivity contribution in [2.45, 2.75) is 27.7 Å². The fourth-order valence-corrected chi connectivity index (χ4v) is 16.2. The van der Waals surface area contributed by atoms with Crippen LogP contribution < -0.4 is 10.4 Å². The van der Waals surface area contributed by atoms with Gasteiger partial charge < -0.3 is 9.46 Å². The van der Waals surface area contributed by atoms with Gasteiger partial charge in [0.2, 0.25) is 0 Å². The van der Waals surface area contributed by atoms with E-state index in [1.54, 1.807) is 0 Å². The van der Waals surface area contributed by atoms with Crippen LogP contribution >= 0.6 is 6.46 Å². The molecule has 2 nitrogen and oxygen atoms in total. The van der Waals surface area contributed by atoms with Gasteiger partial charge in [-0.15, -0.1) is 0 Å². The van der Waals surface area contributed by atoms with Gasteiger partial charge in [-0.3, -0.25) is 0 Å². The molecule has 2 aromatic rings. The highest BCUT2D eigenvalue weighted by atomic mass is 31.6. The van der Waals surface area contributed by atoms with E-state index in [-0.39, 0.29) is 0 Å². The highest BCUT2D eigenvalue weighted by Crippen LogP contribution is 2.35. The summed E-state index contributed by atoms with van der Waals surface area (Å²) in [7, 11) is -2.27. The molecule has 1 N–H and O–H groups in total. The maximum Gasteiger partial charge on any atom is 0.153 e. The molecule has 112 valence electrons. The Morgan fingerprint density at radius 1 is 0.810 bits per heavy atom. The van der Waals surface area contributed by atoms with Crippen LogP contribution in [0, 0.1) is 27.7 Å². The molecule has 0 aromatic heterocycles. The molecule has 0 aliphatic carbocycles. The van der Waals surface area contributed by atoms with Gasteiger partial charge in [-0.1, -0.05) is 46.8 Å². The molecular formula is C16H23O2PSi2. The molecule has 0 radical (unpaired) electrons. The molecule has 0 aliphatic heterocycles. The van der Waals surface area contributed by atoms with Gasteiger partial charge in [-0.2, -0.15) is 0 Å². The lowest BCUT2D eigenvalue weighted by Crippen LogP contribution is -2.26. The maximum absolute atomic E-state index is 12.8. The zero-order valence-electron chi connectivity index (χ0n) is 13.2. The van der Waals surface area contributed by atoms with Crippen LogP contribution in [0.4, 0.5) is 0 Å². The second-order valence-electron chi connectivity index (χ2n) is 5.88. The number of rotatable bonds is 4. The second-order valence-corrected chi connectivity index (χ2v) is 20.2. The average Bonchev–Trinajstić information content (AvgIpc) is 2.40. The SMILES string of the molecule is Cc1cccc([SiH2]P(=O)(O)[SiH2]c2cccc(C)c2C)c1C. The Morgan fingerprint density at radius 3 is 1.57 bits per heavy atom. The molecule has 0 saturated heterocycles. The van der Waals surface area contributed by atoms with Crippen LogP contribution in [0.3, 0.4) is 0 Å².